The van der Waals surface area contributed by atoms with Crippen LogP contribution in [-0.4, -0.2) is 23.0 Å². The zero-order valence-electron chi connectivity index (χ0n) is 8.30. The average Bonchev–Trinajstić information content (AvgIpc) is 2.21. The molecular weight excluding hydrogens is 212 g/mol. The Morgan fingerprint density at radius 1 is 1.60 bits per heavy atom. The SMILES string of the molecule is CC1Sc2ccc(N)cc2N(CO)C1=O. The molecule has 80 valence electrons. The van der Waals surface area contributed by atoms with Gasteiger partial charge in [0.15, 0.2) is 0 Å². The van der Waals surface area contributed by atoms with Gasteiger partial charge in [0, 0.05) is 10.6 Å². The smallest absolute Gasteiger partial charge is 0.242 e. The first-order valence-electron chi connectivity index (χ1n) is 4.62. The number of aliphatic hydroxyl groups is 1. The molecule has 1 aromatic carbocycles. The van der Waals surface area contributed by atoms with Crippen molar-refractivity contribution < 1.29 is 9.90 Å². The van der Waals surface area contributed by atoms with E-state index in [-0.39, 0.29) is 17.9 Å². The summed E-state index contributed by atoms with van der Waals surface area (Å²) in [4.78, 5) is 14.1. The van der Waals surface area contributed by atoms with E-state index in [1.165, 1.54) is 16.7 Å². The lowest BCUT2D eigenvalue weighted by Crippen LogP contribution is -2.40. The first-order valence-corrected chi connectivity index (χ1v) is 5.50. The minimum Gasteiger partial charge on any atom is -0.399 e. The fourth-order valence-corrected chi connectivity index (χ4v) is 2.62. The molecule has 0 aliphatic carbocycles. The molecule has 0 aromatic heterocycles. The van der Waals surface area contributed by atoms with Gasteiger partial charge in [-0.1, -0.05) is 0 Å². The molecule has 1 unspecified atom stereocenters. The van der Waals surface area contributed by atoms with Crippen LogP contribution in [0.1, 0.15) is 6.92 Å². The highest BCUT2D eigenvalue weighted by atomic mass is 32.2. The van der Waals surface area contributed by atoms with Gasteiger partial charge >= 0.3 is 0 Å². The van der Waals surface area contributed by atoms with E-state index in [4.69, 9.17) is 5.73 Å². The predicted molar refractivity (Wildman–Crippen MR) is 60.7 cm³/mol. The number of aliphatic hydroxyl groups excluding tert-OH is 1. The molecule has 0 bridgehead atoms. The first kappa shape index (κ1) is 10.3. The average molecular weight is 224 g/mol. The van der Waals surface area contributed by atoms with Crippen LogP contribution in [0.5, 0.6) is 0 Å². The Hall–Kier alpha value is -1.20. The molecule has 1 atom stereocenters. The van der Waals surface area contributed by atoms with E-state index in [1.54, 1.807) is 12.1 Å². The Bertz CT molecular complexity index is 408. The van der Waals surface area contributed by atoms with Crippen molar-refractivity contribution in [2.75, 3.05) is 17.4 Å². The number of nitrogen functional groups attached to an aromatic ring is 1. The number of nitrogens with two attached hydrogens (primary N) is 1. The number of amides is 1. The van der Waals surface area contributed by atoms with Crippen molar-refractivity contribution in [3.05, 3.63) is 18.2 Å². The van der Waals surface area contributed by atoms with Crippen LogP contribution in [0, 0.1) is 0 Å². The maximum atomic E-state index is 11.7. The summed E-state index contributed by atoms with van der Waals surface area (Å²) in [5, 5.41) is 9.01. The summed E-state index contributed by atoms with van der Waals surface area (Å²) in [6.45, 7) is 1.52. The van der Waals surface area contributed by atoms with E-state index in [2.05, 4.69) is 0 Å². The number of benzene rings is 1. The van der Waals surface area contributed by atoms with E-state index < -0.39 is 0 Å². The minimum atomic E-state index is -0.305. The van der Waals surface area contributed by atoms with Gasteiger partial charge in [0.05, 0.1) is 10.9 Å². The van der Waals surface area contributed by atoms with E-state index >= 15 is 0 Å². The van der Waals surface area contributed by atoms with Gasteiger partial charge in [0.2, 0.25) is 5.91 Å². The second-order valence-corrected chi connectivity index (χ2v) is 4.78. The second-order valence-electron chi connectivity index (χ2n) is 3.39. The highest BCUT2D eigenvalue weighted by Gasteiger charge is 2.30. The molecule has 3 N–H and O–H groups in total. The summed E-state index contributed by atoms with van der Waals surface area (Å²) < 4.78 is 0. The molecule has 1 aliphatic rings. The monoisotopic (exact) mass is 224 g/mol. The van der Waals surface area contributed by atoms with Crippen LogP contribution >= 0.6 is 11.8 Å². The van der Waals surface area contributed by atoms with Crippen LogP contribution in [0.25, 0.3) is 0 Å². The van der Waals surface area contributed by atoms with Gasteiger partial charge in [-0.2, -0.15) is 0 Å². The van der Waals surface area contributed by atoms with Crippen LogP contribution in [0.2, 0.25) is 0 Å². The molecule has 0 fully saturated rings. The van der Waals surface area contributed by atoms with E-state index in [1.807, 2.05) is 13.0 Å². The molecule has 0 radical (unpaired) electrons. The lowest BCUT2D eigenvalue weighted by Gasteiger charge is -2.30. The number of carbonyl (C=O) groups is 1. The van der Waals surface area contributed by atoms with Crippen LogP contribution in [-0.2, 0) is 4.79 Å². The molecule has 1 aliphatic heterocycles. The number of hydrogen-bond donors (Lipinski definition) is 2. The summed E-state index contributed by atoms with van der Waals surface area (Å²) in [5.41, 5.74) is 6.94. The summed E-state index contributed by atoms with van der Waals surface area (Å²) in [6, 6.07) is 5.38. The van der Waals surface area contributed by atoms with Gasteiger partial charge in [-0.3, -0.25) is 9.69 Å². The first-order chi connectivity index (χ1) is 7.13. The highest BCUT2D eigenvalue weighted by molar-refractivity contribution is 8.00. The summed E-state index contributed by atoms with van der Waals surface area (Å²) in [6.07, 6.45) is 0. The van der Waals surface area contributed by atoms with Gasteiger partial charge in [-0.05, 0) is 25.1 Å². The Morgan fingerprint density at radius 2 is 2.33 bits per heavy atom. The molecule has 1 heterocycles. The van der Waals surface area contributed by atoms with Crippen molar-refractivity contribution in [2.45, 2.75) is 17.1 Å². The van der Waals surface area contributed by atoms with Gasteiger partial charge in [0.25, 0.3) is 0 Å². The molecule has 4 nitrogen and oxygen atoms in total. The molecule has 2 rings (SSSR count). The number of fused-ring (bicyclic) bond motifs is 1. The minimum absolute atomic E-state index is 0.0828. The number of nitrogens with zero attached hydrogens (tertiary/aromatic N) is 1. The molecular formula is C10H12N2O2S. The van der Waals surface area contributed by atoms with Gasteiger partial charge in [0.1, 0.15) is 6.73 Å². The van der Waals surface area contributed by atoms with Crippen LogP contribution in [0.3, 0.4) is 0 Å². The third-order valence-electron chi connectivity index (χ3n) is 2.33. The van der Waals surface area contributed by atoms with Crippen molar-refractivity contribution in [3.8, 4) is 0 Å². The molecule has 1 amide bonds. The Kier molecular flexibility index (Phi) is 2.58. The predicted octanol–water partition coefficient (Wildman–Crippen LogP) is 1.05. The van der Waals surface area contributed by atoms with Crippen molar-refractivity contribution in [2.24, 2.45) is 0 Å². The number of rotatable bonds is 1. The molecule has 0 spiro atoms. The zero-order chi connectivity index (χ0) is 11.0. The molecule has 5 heteroatoms. The number of thioether (sulfide) groups is 1. The normalized spacial score (nSPS) is 20.3. The molecule has 1 aromatic rings. The van der Waals surface area contributed by atoms with Crippen molar-refractivity contribution in [1.29, 1.82) is 0 Å². The second kappa shape index (κ2) is 3.75. The zero-order valence-corrected chi connectivity index (χ0v) is 9.12. The molecule has 15 heavy (non-hydrogen) atoms. The lowest BCUT2D eigenvalue weighted by molar-refractivity contribution is -0.118. The van der Waals surface area contributed by atoms with Gasteiger partial charge < -0.3 is 10.8 Å². The van der Waals surface area contributed by atoms with E-state index in [9.17, 15) is 9.90 Å². The molecule has 0 saturated carbocycles. The number of carbonyl (C=O) groups excluding carboxylic acids is 1. The quantitative estimate of drug-likeness (QED) is 0.700. The maximum Gasteiger partial charge on any atom is 0.242 e. The van der Waals surface area contributed by atoms with Crippen molar-refractivity contribution in [1.82, 2.24) is 0 Å². The van der Waals surface area contributed by atoms with Crippen molar-refractivity contribution in [3.63, 3.8) is 0 Å². The standard InChI is InChI=1S/C10H12N2O2S/c1-6-10(14)12(5-13)8-4-7(11)2-3-9(8)15-6/h2-4,6,13H,5,11H2,1H3. The fourth-order valence-electron chi connectivity index (χ4n) is 1.57. The van der Waals surface area contributed by atoms with Crippen LogP contribution in [0.4, 0.5) is 11.4 Å². The van der Waals surface area contributed by atoms with Gasteiger partial charge in [-0.15, -0.1) is 11.8 Å². The fraction of sp³-hybridized carbons (Fsp3) is 0.300. The van der Waals surface area contributed by atoms with E-state index in [0.29, 0.717) is 11.4 Å². The largest absolute Gasteiger partial charge is 0.399 e. The number of hydrogen-bond acceptors (Lipinski definition) is 4. The number of anilines is 2. The van der Waals surface area contributed by atoms with Crippen LogP contribution < -0.4 is 10.6 Å². The molecule has 0 saturated heterocycles. The topological polar surface area (TPSA) is 66.6 Å². The Labute approximate surface area is 92.1 Å². The highest BCUT2D eigenvalue weighted by Crippen LogP contribution is 2.39. The van der Waals surface area contributed by atoms with Crippen molar-refractivity contribution >= 4 is 29.0 Å². The summed E-state index contributed by atoms with van der Waals surface area (Å²) in [7, 11) is 0. The summed E-state index contributed by atoms with van der Waals surface area (Å²) >= 11 is 1.49. The van der Waals surface area contributed by atoms with Gasteiger partial charge in [-0.25, -0.2) is 0 Å². The Morgan fingerprint density at radius 3 is 3.00 bits per heavy atom. The lowest BCUT2D eigenvalue weighted by atomic mass is 10.2. The van der Waals surface area contributed by atoms with E-state index in [0.717, 1.165) is 4.90 Å². The third-order valence-corrected chi connectivity index (χ3v) is 3.49. The maximum absolute atomic E-state index is 11.7. The Balaban J connectivity index is 2.51. The third kappa shape index (κ3) is 1.68. The summed E-state index contributed by atoms with van der Waals surface area (Å²) in [5.74, 6) is -0.0828. The van der Waals surface area contributed by atoms with Crippen LogP contribution in [0.15, 0.2) is 23.1 Å².